The Balaban J connectivity index is 3.19. The largest absolute Gasteiger partial charge is 0.465 e. The molecule has 0 aromatic rings. The van der Waals surface area contributed by atoms with Crippen molar-refractivity contribution in [2.75, 3.05) is 0 Å². The highest BCUT2D eigenvalue weighted by molar-refractivity contribution is 5.74. The molecule has 2 aliphatic heterocycles. The van der Waals surface area contributed by atoms with Crippen LogP contribution in [0.15, 0.2) is 143 Å². The maximum absolute atomic E-state index is 6.17. The summed E-state index contributed by atoms with van der Waals surface area (Å²) in [5, 5.41) is 0. The van der Waals surface area contributed by atoms with E-state index in [1.165, 1.54) is 0 Å². The second-order valence-corrected chi connectivity index (χ2v) is 6.95. The van der Waals surface area contributed by atoms with Gasteiger partial charge in [-0.1, -0.05) is 74.4 Å². The van der Waals surface area contributed by atoms with Gasteiger partial charge >= 0.3 is 0 Å². The molecule has 0 bridgehead atoms. The molecular weight excluding hydrogens is 380 g/mol. The molecule has 0 amide bonds. The SMILES string of the molecule is C=C/C=C\C1=C(C)OC(C)=C(/C=C\C)C1=C1C(/C=C\C)=C(C=C)OC(C=C)=C1/C=C\C. The monoisotopic (exact) mass is 412 g/mol. The number of ether oxygens (including phenoxy) is 2. The fraction of sp³-hybridized carbons (Fsp3) is 0.172. The summed E-state index contributed by atoms with van der Waals surface area (Å²) in [5.41, 5.74) is 6.04. The van der Waals surface area contributed by atoms with E-state index in [1.807, 2.05) is 65.0 Å². The molecule has 0 aliphatic carbocycles. The van der Waals surface area contributed by atoms with E-state index in [2.05, 4.69) is 38.0 Å². The Hall–Kier alpha value is -3.52. The van der Waals surface area contributed by atoms with E-state index in [4.69, 9.17) is 9.47 Å². The third-order valence-corrected chi connectivity index (χ3v) is 4.91. The average molecular weight is 413 g/mol. The van der Waals surface area contributed by atoms with Crippen molar-refractivity contribution in [3.63, 3.8) is 0 Å². The van der Waals surface area contributed by atoms with Crippen molar-refractivity contribution in [3.8, 4) is 0 Å². The molecule has 160 valence electrons. The van der Waals surface area contributed by atoms with Crippen molar-refractivity contribution in [2.24, 2.45) is 0 Å². The molecule has 2 aliphatic rings. The first-order valence-electron chi connectivity index (χ1n) is 10.4. The van der Waals surface area contributed by atoms with Gasteiger partial charge in [0.2, 0.25) is 0 Å². The second-order valence-electron chi connectivity index (χ2n) is 6.95. The summed E-state index contributed by atoms with van der Waals surface area (Å²) < 4.78 is 12.3. The van der Waals surface area contributed by atoms with Crippen LogP contribution >= 0.6 is 0 Å². The topological polar surface area (TPSA) is 18.5 Å². The molecule has 0 saturated carbocycles. The maximum Gasteiger partial charge on any atom is 0.134 e. The van der Waals surface area contributed by atoms with Gasteiger partial charge in [0.1, 0.15) is 23.0 Å². The Bertz CT molecular complexity index is 1010. The van der Waals surface area contributed by atoms with E-state index in [0.717, 1.165) is 45.0 Å². The number of hydrogen-bond donors (Lipinski definition) is 0. The van der Waals surface area contributed by atoms with Gasteiger partial charge in [0, 0.05) is 33.4 Å². The first kappa shape index (κ1) is 23.8. The molecule has 0 fully saturated rings. The Labute approximate surface area is 187 Å². The molecule has 2 rings (SSSR count). The summed E-state index contributed by atoms with van der Waals surface area (Å²) in [6, 6.07) is 0. The van der Waals surface area contributed by atoms with Crippen LogP contribution in [0.3, 0.4) is 0 Å². The van der Waals surface area contributed by atoms with Crippen molar-refractivity contribution in [1.82, 2.24) is 0 Å². The van der Waals surface area contributed by atoms with E-state index in [-0.39, 0.29) is 0 Å². The van der Waals surface area contributed by atoms with E-state index in [1.54, 1.807) is 18.2 Å². The lowest BCUT2D eigenvalue weighted by atomic mass is 9.80. The van der Waals surface area contributed by atoms with Gasteiger partial charge in [-0.25, -0.2) is 0 Å². The van der Waals surface area contributed by atoms with Crippen molar-refractivity contribution in [2.45, 2.75) is 34.6 Å². The fourth-order valence-corrected chi connectivity index (χ4v) is 3.70. The van der Waals surface area contributed by atoms with E-state index in [9.17, 15) is 0 Å². The van der Waals surface area contributed by atoms with Gasteiger partial charge in [-0.2, -0.15) is 0 Å². The zero-order valence-electron chi connectivity index (χ0n) is 19.3. The quantitative estimate of drug-likeness (QED) is 0.392. The van der Waals surface area contributed by atoms with Crippen molar-refractivity contribution in [3.05, 3.63) is 143 Å². The van der Waals surface area contributed by atoms with Crippen LogP contribution in [0.5, 0.6) is 0 Å². The van der Waals surface area contributed by atoms with Gasteiger partial charge in [0.25, 0.3) is 0 Å². The van der Waals surface area contributed by atoms with E-state index >= 15 is 0 Å². The van der Waals surface area contributed by atoms with Gasteiger partial charge in [-0.3, -0.25) is 0 Å². The lowest BCUT2D eigenvalue weighted by Gasteiger charge is -2.30. The van der Waals surface area contributed by atoms with Gasteiger partial charge < -0.3 is 9.47 Å². The summed E-state index contributed by atoms with van der Waals surface area (Å²) in [6.45, 7) is 21.8. The molecule has 0 N–H and O–H groups in total. The zero-order valence-corrected chi connectivity index (χ0v) is 19.3. The highest BCUT2D eigenvalue weighted by Gasteiger charge is 2.30. The molecule has 0 unspecified atom stereocenters. The molecular formula is C29H32O2. The molecule has 0 radical (unpaired) electrons. The van der Waals surface area contributed by atoms with Crippen molar-refractivity contribution < 1.29 is 9.47 Å². The molecule has 0 aromatic carbocycles. The van der Waals surface area contributed by atoms with E-state index in [0.29, 0.717) is 11.5 Å². The minimum absolute atomic E-state index is 0.692. The first-order chi connectivity index (χ1) is 15.0. The zero-order chi connectivity index (χ0) is 23.0. The smallest absolute Gasteiger partial charge is 0.134 e. The van der Waals surface area contributed by atoms with Crippen LogP contribution in [0.25, 0.3) is 0 Å². The average Bonchev–Trinajstić information content (AvgIpc) is 2.75. The minimum Gasteiger partial charge on any atom is -0.465 e. The van der Waals surface area contributed by atoms with Gasteiger partial charge in [-0.05, 0) is 46.8 Å². The van der Waals surface area contributed by atoms with Gasteiger partial charge in [-0.15, -0.1) is 0 Å². The number of allylic oxidation sites excluding steroid dienone is 19. The van der Waals surface area contributed by atoms with Crippen LogP contribution in [-0.4, -0.2) is 0 Å². The van der Waals surface area contributed by atoms with Crippen LogP contribution in [0.2, 0.25) is 0 Å². The highest BCUT2D eigenvalue weighted by atomic mass is 16.5. The normalized spacial score (nSPS) is 18.2. The van der Waals surface area contributed by atoms with Gasteiger partial charge in [0.15, 0.2) is 0 Å². The van der Waals surface area contributed by atoms with Gasteiger partial charge in [0.05, 0.1) is 0 Å². The molecule has 2 heterocycles. The third-order valence-electron chi connectivity index (χ3n) is 4.91. The first-order valence-corrected chi connectivity index (χ1v) is 10.4. The molecule has 0 atom stereocenters. The van der Waals surface area contributed by atoms with Crippen molar-refractivity contribution >= 4 is 0 Å². The lowest BCUT2D eigenvalue weighted by molar-refractivity contribution is 0.297. The van der Waals surface area contributed by atoms with Crippen LogP contribution in [0.1, 0.15) is 34.6 Å². The van der Waals surface area contributed by atoms with Crippen LogP contribution in [0, 0.1) is 0 Å². The molecule has 31 heavy (non-hydrogen) atoms. The maximum atomic E-state index is 6.17. The lowest BCUT2D eigenvalue weighted by Crippen LogP contribution is -2.15. The summed E-state index contributed by atoms with van der Waals surface area (Å²) >= 11 is 0. The molecule has 0 saturated heterocycles. The Morgan fingerprint density at radius 1 is 0.581 bits per heavy atom. The standard InChI is InChI=1S/C29H32O2/c1-9-15-19-23-21(8)30-20(7)22(16-10-2)28(23)29-24(17-11-3)26(13-5)31-27(14-6)25(29)18-12-4/h9-19H,1,5-6H2,2-4,7-8H3/b16-10-,17-11-,18-12-,19-15-. The summed E-state index contributed by atoms with van der Waals surface area (Å²) in [6.07, 6.45) is 21.5. The molecule has 0 aromatic heterocycles. The predicted octanol–water partition coefficient (Wildman–Crippen LogP) is 8.24. The summed E-state index contributed by atoms with van der Waals surface area (Å²) in [7, 11) is 0. The predicted molar refractivity (Wildman–Crippen MR) is 133 cm³/mol. The van der Waals surface area contributed by atoms with Crippen molar-refractivity contribution in [1.29, 1.82) is 0 Å². The summed E-state index contributed by atoms with van der Waals surface area (Å²) in [5.74, 6) is 3.06. The highest BCUT2D eigenvalue weighted by Crippen LogP contribution is 2.44. The minimum atomic E-state index is 0.692. The Morgan fingerprint density at radius 3 is 1.42 bits per heavy atom. The van der Waals surface area contributed by atoms with Crippen LogP contribution < -0.4 is 0 Å². The van der Waals surface area contributed by atoms with E-state index < -0.39 is 0 Å². The molecule has 2 heteroatoms. The third kappa shape index (κ3) is 4.80. The summed E-state index contributed by atoms with van der Waals surface area (Å²) in [4.78, 5) is 0. The van der Waals surface area contributed by atoms with Crippen LogP contribution in [0.4, 0.5) is 0 Å². The van der Waals surface area contributed by atoms with Crippen LogP contribution in [-0.2, 0) is 9.47 Å². The number of hydrogen-bond acceptors (Lipinski definition) is 2. The Kier molecular flexibility index (Phi) is 8.45. The Morgan fingerprint density at radius 2 is 1.00 bits per heavy atom. The number of rotatable bonds is 7. The second kappa shape index (κ2) is 11.0. The fourth-order valence-electron chi connectivity index (χ4n) is 3.70. The molecule has 2 nitrogen and oxygen atoms in total. The molecule has 0 spiro atoms.